The van der Waals surface area contributed by atoms with Crippen LogP contribution in [0.3, 0.4) is 0 Å². The number of aromatic nitrogens is 1. The van der Waals surface area contributed by atoms with Gasteiger partial charge < -0.3 is 0 Å². The van der Waals surface area contributed by atoms with Crippen LogP contribution in [0.1, 0.15) is 17.5 Å². The third-order valence-corrected chi connectivity index (χ3v) is 7.45. The van der Waals surface area contributed by atoms with Crippen molar-refractivity contribution in [2.45, 2.75) is 30.1 Å². The van der Waals surface area contributed by atoms with Crippen molar-refractivity contribution in [2.24, 2.45) is 0 Å². The van der Waals surface area contributed by atoms with Crippen LogP contribution in [0.5, 0.6) is 0 Å². The second-order valence-corrected chi connectivity index (χ2v) is 10.0. The molecule has 2 aromatic carbocycles. The number of halogens is 3. The van der Waals surface area contributed by atoms with Crippen LogP contribution in [0.2, 0.25) is 0 Å². The molecule has 1 N–H and O–H groups in total. The Bertz CT molecular complexity index is 1130. The van der Waals surface area contributed by atoms with Gasteiger partial charge in [0, 0.05) is 42.8 Å². The van der Waals surface area contributed by atoms with Gasteiger partial charge in [0.15, 0.2) is 0 Å². The predicted octanol–water partition coefficient (Wildman–Crippen LogP) is 4.38. The van der Waals surface area contributed by atoms with Gasteiger partial charge in [-0.25, -0.2) is 18.1 Å². The molecule has 4 rings (SSSR count). The van der Waals surface area contributed by atoms with Crippen molar-refractivity contribution in [2.75, 3.05) is 13.1 Å². The SMILES string of the molecule is O=S(=O)(N[C@@H]1CCN(Cc2ccc(-c3nccs3)cc2)C1)c1cccc(C(F)(F)F)c1. The van der Waals surface area contributed by atoms with Crippen molar-refractivity contribution in [1.82, 2.24) is 14.6 Å². The van der Waals surface area contributed by atoms with Gasteiger partial charge >= 0.3 is 6.18 Å². The van der Waals surface area contributed by atoms with Crippen molar-refractivity contribution in [3.63, 3.8) is 0 Å². The molecule has 1 aliphatic heterocycles. The molecule has 3 aromatic rings. The maximum atomic E-state index is 12.9. The number of hydrogen-bond donors (Lipinski definition) is 1. The predicted molar refractivity (Wildman–Crippen MR) is 113 cm³/mol. The first-order valence-electron chi connectivity index (χ1n) is 9.61. The monoisotopic (exact) mass is 467 g/mol. The van der Waals surface area contributed by atoms with E-state index >= 15 is 0 Å². The van der Waals surface area contributed by atoms with Crippen molar-refractivity contribution in [1.29, 1.82) is 0 Å². The number of alkyl halides is 3. The molecule has 1 aliphatic rings. The molecule has 31 heavy (non-hydrogen) atoms. The highest BCUT2D eigenvalue weighted by molar-refractivity contribution is 7.89. The number of nitrogens with one attached hydrogen (secondary N) is 1. The molecule has 1 saturated heterocycles. The Morgan fingerprint density at radius 1 is 1.16 bits per heavy atom. The summed E-state index contributed by atoms with van der Waals surface area (Å²) in [5.74, 6) is 0. The average Bonchev–Trinajstić information content (AvgIpc) is 3.40. The normalized spacial score (nSPS) is 17.8. The molecule has 10 heteroatoms. The summed E-state index contributed by atoms with van der Waals surface area (Å²) < 4.78 is 66.4. The smallest absolute Gasteiger partial charge is 0.297 e. The van der Waals surface area contributed by atoms with Gasteiger partial charge in [-0.3, -0.25) is 4.90 Å². The standard InChI is InChI=1S/C21H20F3N3O2S2/c22-21(23,24)17-2-1-3-19(12-17)31(28,29)26-18-8-10-27(14-18)13-15-4-6-16(7-5-15)20-25-9-11-30-20/h1-7,9,11-12,18,26H,8,10,13-14H2/t18-/m1/s1. The first-order chi connectivity index (χ1) is 14.7. The van der Waals surface area contributed by atoms with E-state index in [1.165, 1.54) is 6.07 Å². The lowest BCUT2D eigenvalue weighted by Gasteiger charge is -2.17. The minimum Gasteiger partial charge on any atom is -0.297 e. The van der Waals surface area contributed by atoms with Crippen LogP contribution >= 0.6 is 11.3 Å². The zero-order chi connectivity index (χ0) is 22.1. The van der Waals surface area contributed by atoms with Gasteiger partial charge in [0.2, 0.25) is 10.0 Å². The van der Waals surface area contributed by atoms with Gasteiger partial charge in [-0.1, -0.05) is 30.3 Å². The first kappa shape index (κ1) is 21.9. The maximum absolute atomic E-state index is 12.9. The lowest BCUT2D eigenvalue weighted by molar-refractivity contribution is -0.137. The molecule has 2 heterocycles. The summed E-state index contributed by atoms with van der Waals surface area (Å²) in [6.07, 6.45) is -2.24. The molecule has 0 bridgehead atoms. The lowest BCUT2D eigenvalue weighted by atomic mass is 10.1. The first-order valence-corrected chi connectivity index (χ1v) is 12.0. The van der Waals surface area contributed by atoms with Crippen molar-refractivity contribution in [3.05, 3.63) is 71.2 Å². The Morgan fingerprint density at radius 3 is 2.61 bits per heavy atom. The number of sulfonamides is 1. The van der Waals surface area contributed by atoms with E-state index in [9.17, 15) is 21.6 Å². The molecule has 0 amide bonds. The van der Waals surface area contributed by atoms with Crippen LogP contribution in [-0.2, 0) is 22.7 Å². The Kier molecular flexibility index (Phi) is 6.16. The van der Waals surface area contributed by atoms with Crippen LogP contribution in [0.4, 0.5) is 13.2 Å². The van der Waals surface area contributed by atoms with Crippen LogP contribution < -0.4 is 4.72 Å². The second kappa shape index (κ2) is 8.70. The topological polar surface area (TPSA) is 62.3 Å². The number of thiazole rings is 1. The van der Waals surface area contributed by atoms with Crippen LogP contribution in [0, 0.1) is 0 Å². The average molecular weight is 468 g/mol. The molecule has 164 valence electrons. The van der Waals surface area contributed by atoms with Crippen molar-refractivity contribution >= 4 is 21.4 Å². The van der Waals surface area contributed by atoms with E-state index in [1.807, 2.05) is 29.6 Å². The largest absolute Gasteiger partial charge is 0.416 e. The highest BCUT2D eigenvalue weighted by atomic mass is 32.2. The van der Waals surface area contributed by atoms with Gasteiger partial charge in [0.25, 0.3) is 0 Å². The van der Waals surface area contributed by atoms with Crippen molar-refractivity contribution in [3.8, 4) is 10.6 Å². The zero-order valence-electron chi connectivity index (χ0n) is 16.3. The minimum atomic E-state index is -4.59. The summed E-state index contributed by atoms with van der Waals surface area (Å²) in [6, 6.07) is 11.5. The van der Waals surface area contributed by atoms with E-state index in [-0.39, 0.29) is 10.9 Å². The molecular formula is C21H20F3N3O2S2. The van der Waals surface area contributed by atoms with Crippen LogP contribution in [0.15, 0.2) is 65.0 Å². The highest BCUT2D eigenvalue weighted by Crippen LogP contribution is 2.30. The summed E-state index contributed by atoms with van der Waals surface area (Å²) in [5, 5.41) is 2.88. The molecule has 0 radical (unpaired) electrons. The molecule has 1 fully saturated rings. The van der Waals surface area contributed by atoms with E-state index < -0.39 is 21.8 Å². The van der Waals surface area contributed by atoms with E-state index in [4.69, 9.17) is 0 Å². The lowest BCUT2D eigenvalue weighted by Crippen LogP contribution is -2.37. The van der Waals surface area contributed by atoms with E-state index in [1.54, 1.807) is 17.5 Å². The fraction of sp³-hybridized carbons (Fsp3) is 0.286. The molecule has 0 spiro atoms. The number of hydrogen-bond acceptors (Lipinski definition) is 5. The Morgan fingerprint density at radius 2 is 1.94 bits per heavy atom. The van der Waals surface area contributed by atoms with Gasteiger partial charge in [0.1, 0.15) is 5.01 Å². The Labute approximate surface area is 182 Å². The van der Waals surface area contributed by atoms with E-state index in [0.717, 1.165) is 28.3 Å². The quantitative estimate of drug-likeness (QED) is 0.585. The third-order valence-electron chi connectivity index (χ3n) is 5.11. The molecular weight excluding hydrogens is 447 g/mol. The molecule has 0 saturated carbocycles. The van der Waals surface area contributed by atoms with Gasteiger partial charge in [-0.05, 0) is 30.2 Å². The molecule has 0 unspecified atom stereocenters. The summed E-state index contributed by atoms with van der Waals surface area (Å²) in [4.78, 5) is 6.03. The number of rotatable bonds is 6. The summed E-state index contributed by atoms with van der Waals surface area (Å²) in [5.41, 5.74) is 1.17. The molecule has 1 aromatic heterocycles. The Balaban J connectivity index is 1.37. The molecule has 1 atom stereocenters. The number of benzene rings is 2. The van der Waals surface area contributed by atoms with E-state index in [0.29, 0.717) is 32.1 Å². The maximum Gasteiger partial charge on any atom is 0.416 e. The van der Waals surface area contributed by atoms with Gasteiger partial charge in [-0.2, -0.15) is 13.2 Å². The second-order valence-electron chi connectivity index (χ2n) is 7.40. The highest BCUT2D eigenvalue weighted by Gasteiger charge is 2.33. The zero-order valence-corrected chi connectivity index (χ0v) is 18.0. The van der Waals surface area contributed by atoms with Gasteiger partial charge in [0.05, 0.1) is 10.5 Å². The van der Waals surface area contributed by atoms with Crippen LogP contribution in [-0.4, -0.2) is 37.4 Å². The van der Waals surface area contributed by atoms with Crippen LogP contribution in [0.25, 0.3) is 10.6 Å². The fourth-order valence-electron chi connectivity index (χ4n) is 3.58. The Hall–Kier alpha value is -2.27. The number of likely N-dealkylation sites (tertiary alicyclic amines) is 1. The summed E-state index contributed by atoms with van der Waals surface area (Å²) in [7, 11) is -4.04. The molecule has 5 nitrogen and oxygen atoms in total. The minimum absolute atomic E-state index is 0.353. The fourth-order valence-corrected chi connectivity index (χ4v) is 5.53. The molecule has 0 aliphatic carbocycles. The number of nitrogens with zero attached hydrogens (tertiary/aromatic N) is 2. The summed E-state index contributed by atoms with van der Waals surface area (Å²) >= 11 is 1.57. The van der Waals surface area contributed by atoms with Gasteiger partial charge in [-0.15, -0.1) is 11.3 Å². The van der Waals surface area contributed by atoms with Crippen molar-refractivity contribution < 1.29 is 21.6 Å². The van der Waals surface area contributed by atoms with E-state index in [2.05, 4.69) is 14.6 Å². The third kappa shape index (κ3) is 5.32. The summed E-state index contributed by atoms with van der Waals surface area (Å²) in [6.45, 7) is 1.86.